The number of furan rings is 1. The van der Waals surface area contributed by atoms with Crippen LogP contribution in [0.3, 0.4) is 0 Å². The number of hydrogen-bond acceptors (Lipinski definition) is 5. The number of halogens is 1. The quantitative estimate of drug-likeness (QED) is 0.566. The fourth-order valence-corrected chi connectivity index (χ4v) is 2.55. The van der Waals surface area contributed by atoms with Crippen LogP contribution < -0.4 is 5.32 Å². The van der Waals surface area contributed by atoms with Crippen LogP contribution in [0.4, 0.5) is 10.3 Å². The van der Waals surface area contributed by atoms with Gasteiger partial charge < -0.3 is 4.42 Å². The summed E-state index contributed by atoms with van der Waals surface area (Å²) < 4.78 is 22.0. The van der Waals surface area contributed by atoms with Crippen molar-refractivity contribution in [2.75, 3.05) is 5.32 Å². The van der Waals surface area contributed by atoms with Gasteiger partial charge in [-0.2, -0.15) is 5.10 Å². The van der Waals surface area contributed by atoms with Gasteiger partial charge in [-0.15, -0.1) is 5.10 Å². The molecule has 0 atom stereocenters. The van der Waals surface area contributed by atoms with Crippen LogP contribution >= 0.6 is 0 Å². The number of aromatic nitrogens is 5. The molecule has 1 amide bonds. The van der Waals surface area contributed by atoms with Gasteiger partial charge in [-0.05, 0) is 35.9 Å². The van der Waals surface area contributed by atoms with E-state index in [0.717, 1.165) is 5.56 Å². The molecule has 4 rings (SSSR count). The average Bonchev–Trinajstić information content (AvgIpc) is 3.38. The highest BCUT2D eigenvalue weighted by Gasteiger charge is 2.14. The Kier molecular flexibility index (Phi) is 4.48. The second kappa shape index (κ2) is 7.24. The monoisotopic (exact) mass is 366 g/mol. The molecule has 3 aromatic heterocycles. The van der Waals surface area contributed by atoms with Crippen molar-refractivity contribution in [2.45, 2.75) is 13.1 Å². The number of amides is 1. The molecule has 0 unspecified atom stereocenters. The molecular weight excluding hydrogens is 351 g/mol. The molecule has 136 valence electrons. The van der Waals surface area contributed by atoms with Crippen molar-refractivity contribution in [1.82, 2.24) is 24.5 Å². The first-order valence-electron chi connectivity index (χ1n) is 8.17. The first kappa shape index (κ1) is 16.7. The second-order valence-corrected chi connectivity index (χ2v) is 5.82. The van der Waals surface area contributed by atoms with Gasteiger partial charge in [-0.25, -0.2) is 14.1 Å². The highest BCUT2D eigenvalue weighted by Crippen LogP contribution is 2.12. The Morgan fingerprint density at radius 1 is 1.15 bits per heavy atom. The van der Waals surface area contributed by atoms with E-state index in [1.54, 1.807) is 41.3 Å². The summed E-state index contributed by atoms with van der Waals surface area (Å²) in [5.41, 5.74) is 0.743. The van der Waals surface area contributed by atoms with Gasteiger partial charge in [0.05, 0.1) is 13.1 Å². The van der Waals surface area contributed by atoms with E-state index in [1.165, 1.54) is 23.1 Å². The first-order chi connectivity index (χ1) is 13.2. The molecule has 0 radical (unpaired) electrons. The van der Waals surface area contributed by atoms with E-state index in [0.29, 0.717) is 18.8 Å². The van der Waals surface area contributed by atoms with E-state index < -0.39 is 5.91 Å². The van der Waals surface area contributed by atoms with Crippen LogP contribution in [0.25, 0.3) is 0 Å². The van der Waals surface area contributed by atoms with Crippen LogP contribution in [0.15, 0.2) is 65.6 Å². The largest absolute Gasteiger partial charge is 0.454 e. The van der Waals surface area contributed by atoms with Crippen LogP contribution in [0.2, 0.25) is 0 Å². The third kappa shape index (κ3) is 4.09. The lowest BCUT2D eigenvalue weighted by molar-refractivity contribution is 0.0993. The molecule has 1 aromatic carbocycles. The van der Waals surface area contributed by atoms with Crippen molar-refractivity contribution in [3.05, 3.63) is 84.1 Å². The fourth-order valence-electron chi connectivity index (χ4n) is 2.55. The predicted octanol–water partition coefficient (Wildman–Crippen LogP) is 2.56. The van der Waals surface area contributed by atoms with E-state index in [-0.39, 0.29) is 17.5 Å². The lowest BCUT2D eigenvalue weighted by atomic mass is 10.2. The molecule has 3 heterocycles. The fraction of sp³-hybridized carbons (Fsp3) is 0.111. The smallest absolute Gasteiger partial charge is 0.293 e. The van der Waals surface area contributed by atoms with E-state index in [4.69, 9.17) is 4.42 Å². The maximum Gasteiger partial charge on any atom is 0.293 e. The number of carbonyl (C=O) groups excluding carboxylic acids is 1. The average molecular weight is 366 g/mol. The normalized spacial score (nSPS) is 10.9. The minimum absolute atomic E-state index is 0.140. The SMILES string of the molecule is O=C(Nc1ncn(Cc2cccc(F)c2)n1)c1ccc(Cn2cccn2)o1. The highest BCUT2D eigenvalue weighted by molar-refractivity contribution is 6.01. The Bertz CT molecular complexity index is 1050. The minimum Gasteiger partial charge on any atom is -0.454 e. The highest BCUT2D eigenvalue weighted by atomic mass is 19.1. The molecule has 0 aliphatic heterocycles. The van der Waals surface area contributed by atoms with Gasteiger partial charge in [0.2, 0.25) is 5.95 Å². The van der Waals surface area contributed by atoms with Crippen molar-refractivity contribution >= 4 is 11.9 Å². The van der Waals surface area contributed by atoms with E-state index in [1.807, 2.05) is 6.07 Å². The Labute approximate surface area is 153 Å². The summed E-state index contributed by atoms with van der Waals surface area (Å²) in [4.78, 5) is 16.3. The van der Waals surface area contributed by atoms with Crippen LogP contribution in [-0.4, -0.2) is 30.5 Å². The van der Waals surface area contributed by atoms with Gasteiger partial charge >= 0.3 is 0 Å². The number of hydrogen-bond donors (Lipinski definition) is 1. The number of carbonyl (C=O) groups is 1. The van der Waals surface area contributed by atoms with Gasteiger partial charge in [0, 0.05) is 12.4 Å². The van der Waals surface area contributed by atoms with Crippen molar-refractivity contribution in [2.24, 2.45) is 0 Å². The van der Waals surface area contributed by atoms with Crippen LogP contribution in [0.1, 0.15) is 21.9 Å². The molecule has 0 saturated heterocycles. The van der Waals surface area contributed by atoms with Crippen LogP contribution in [0.5, 0.6) is 0 Å². The van der Waals surface area contributed by atoms with E-state index in [2.05, 4.69) is 20.5 Å². The lowest BCUT2D eigenvalue weighted by Gasteiger charge is -2.01. The number of benzene rings is 1. The minimum atomic E-state index is -0.453. The summed E-state index contributed by atoms with van der Waals surface area (Å²) in [6.07, 6.45) is 4.94. The summed E-state index contributed by atoms with van der Waals surface area (Å²) in [5, 5.41) is 10.8. The lowest BCUT2D eigenvalue weighted by Crippen LogP contribution is -2.12. The zero-order chi connectivity index (χ0) is 18.6. The molecular formula is C18H15FN6O2. The Balaban J connectivity index is 1.38. The second-order valence-electron chi connectivity index (χ2n) is 5.82. The molecule has 1 N–H and O–H groups in total. The van der Waals surface area contributed by atoms with Crippen molar-refractivity contribution in [3.63, 3.8) is 0 Å². The van der Waals surface area contributed by atoms with Gasteiger partial charge in [-0.3, -0.25) is 14.8 Å². The summed E-state index contributed by atoms with van der Waals surface area (Å²) >= 11 is 0. The summed E-state index contributed by atoms with van der Waals surface area (Å²) in [6, 6.07) is 11.3. The Morgan fingerprint density at radius 3 is 2.89 bits per heavy atom. The zero-order valence-electron chi connectivity index (χ0n) is 14.1. The molecule has 0 aliphatic carbocycles. The van der Waals surface area contributed by atoms with Crippen molar-refractivity contribution < 1.29 is 13.6 Å². The van der Waals surface area contributed by atoms with Gasteiger partial charge in [0.15, 0.2) is 5.76 Å². The van der Waals surface area contributed by atoms with E-state index >= 15 is 0 Å². The summed E-state index contributed by atoms with van der Waals surface area (Å²) in [7, 11) is 0. The van der Waals surface area contributed by atoms with E-state index in [9.17, 15) is 9.18 Å². The number of nitrogens with zero attached hydrogens (tertiary/aromatic N) is 5. The van der Waals surface area contributed by atoms with Crippen LogP contribution in [0, 0.1) is 5.82 Å². The molecule has 0 fully saturated rings. The van der Waals surface area contributed by atoms with Gasteiger partial charge in [0.1, 0.15) is 17.9 Å². The number of nitrogens with one attached hydrogen (secondary N) is 1. The topological polar surface area (TPSA) is 90.8 Å². The van der Waals surface area contributed by atoms with Gasteiger partial charge in [0.25, 0.3) is 5.91 Å². The van der Waals surface area contributed by atoms with Crippen molar-refractivity contribution in [1.29, 1.82) is 0 Å². The molecule has 0 spiro atoms. The number of anilines is 1. The standard InChI is InChI=1S/C18H15FN6O2/c19-14-4-1-3-13(9-14)10-25-12-20-18(23-25)22-17(26)16-6-5-15(27-16)11-24-8-2-7-21-24/h1-9,12H,10-11H2,(H,22,23,26). The number of rotatable bonds is 6. The zero-order valence-corrected chi connectivity index (χ0v) is 14.1. The third-order valence-corrected chi connectivity index (χ3v) is 3.76. The molecule has 0 saturated carbocycles. The molecule has 4 aromatic rings. The molecule has 27 heavy (non-hydrogen) atoms. The Hall–Kier alpha value is -3.75. The summed E-state index contributed by atoms with van der Waals surface area (Å²) in [6.45, 7) is 0.774. The molecule has 0 aliphatic rings. The third-order valence-electron chi connectivity index (χ3n) is 3.76. The molecule has 9 heteroatoms. The maximum atomic E-state index is 13.2. The van der Waals surface area contributed by atoms with Crippen LogP contribution in [-0.2, 0) is 13.1 Å². The summed E-state index contributed by atoms with van der Waals surface area (Å²) in [5.74, 6) is 0.128. The Morgan fingerprint density at radius 2 is 2.07 bits per heavy atom. The molecule has 0 bridgehead atoms. The molecule has 8 nitrogen and oxygen atoms in total. The van der Waals surface area contributed by atoms with Gasteiger partial charge in [-0.1, -0.05) is 12.1 Å². The van der Waals surface area contributed by atoms with Crippen molar-refractivity contribution in [3.8, 4) is 0 Å². The predicted molar refractivity (Wildman–Crippen MR) is 93.5 cm³/mol. The maximum absolute atomic E-state index is 13.2. The first-order valence-corrected chi connectivity index (χ1v) is 8.17.